The van der Waals surface area contributed by atoms with Crippen molar-refractivity contribution in [3.8, 4) is 5.75 Å². The molecule has 1 aliphatic rings. The number of cyclic esters (lactones) is 1. The molecular formula is C14H9NO4. The van der Waals surface area contributed by atoms with Crippen molar-refractivity contribution in [2.45, 2.75) is 0 Å². The van der Waals surface area contributed by atoms with Gasteiger partial charge in [-0.25, -0.2) is 9.79 Å². The summed E-state index contributed by atoms with van der Waals surface area (Å²) in [6, 6.07) is 9.98. The Morgan fingerprint density at radius 3 is 2.74 bits per heavy atom. The Balaban J connectivity index is 1.98. The molecule has 19 heavy (non-hydrogen) atoms. The van der Waals surface area contributed by atoms with E-state index in [1.807, 2.05) is 0 Å². The van der Waals surface area contributed by atoms with Gasteiger partial charge in [-0.2, -0.15) is 0 Å². The molecule has 0 aliphatic carbocycles. The molecule has 0 atom stereocenters. The van der Waals surface area contributed by atoms with E-state index in [1.54, 1.807) is 30.3 Å². The number of aromatic hydroxyl groups is 1. The van der Waals surface area contributed by atoms with Crippen LogP contribution in [0.4, 0.5) is 0 Å². The van der Waals surface area contributed by atoms with Crippen molar-refractivity contribution in [3.63, 3.8) is 0 Å². The van der Waals surface area contributed by atoms with Crippen LogP contribution in [0.1, 0.15) is 11.3 Å². The van der Waals surface area contributed by atoms with Crippen LogP contribution in [0.15, 0.2) is 57.8 Å². The molecule has 0 fully saturated rings. The van der Waals surface area contributed by atoms with E-state index in [1.165, 1.54) is 18.4 Å². The molecule has 0 saturated heterocycles. The van der Waals surface area contributed by atoms with Crippen molar-refractivity contribution < 1.29 is 19.1 Å². The maximum Gasteiger partial charge on any atom is 0.363 e. The summed E-state index contributed by atoms with van der Waals surface area (Å²) in [6.07, 6.45) is 2.93. The van der Waals surface area contributed by atoms with Crippen LogP contribution in [-0.2, 0) is 9.53 Å². The van der Waals surface area contributed by atoms with Gasteiger partial charge in [-0.15, -0.1) is 0 Å². The average Bonchev–Trinajstić information content (AvgIpc) is 3.02. The second kappa shape index (κ2) is 4.45. The molecule has 2 heterocycles. The number of furan rings is 1. The lowest BCUT2D eigenvalue weighted by Crippen LogP contribution is -2.04. The first-order valence-corrected chi connectivity index (χ1v) is 5.58. The Kier molecular flexibility index (Phi) is 2.64. The number of phenols is 1. The predicted octanol–water partition coefficient (Wildman–Crippen LogP) is 2.33. The first-order chi connectivity index (χ1) is 9.24. The lowest BCUT2D eigenvalue weighted by Gasteiger charge is -1.97. The number of hydrogen-bond donors (Lipinski definition) is 1. The second-order valence-electron chi connectivity index (χ2n) is 3.87. The zero-order valence-corrected chi connectivity index (χ0v) is 9.74. The van der Waals surface area contributed by atoms with Gasteiger partial charge in [0.05, 0.1) is 6.26 Å². The minimum atomic E-state index is -0.574. The number of benzene rings is 1. The Hall–Kier alpha value is -2.82. The maximum absolute atomic E-state index is 11.7. The first-order valence-electron chi connectivity index (χ1n) is 5.58. The molecule has 1 aromatic heterocycles. The summed E-state index contributed by atoms with van der Waals surface area (Å²) in [5.41, 5.74) is 0.617. The summed E-state index contributed by atoms with van der Waals surface area (Å²) >= 11 is 0. The largest absolute Gasteiger partial charge is 0.507 e. The van der Waals surface area contributed by atoms with Crippen molar-refractivity contribution in [3.05, 3.63) is 59.7 Å². The summed E-state index contributed by atoms with van der Waals surface area (Å²) in [5.74, 6) is 0.00445. The molecule has 1 N–H and O–H groups in total. The topological polar surface area (TPSA) is 72.0 Å². The summed E-state index contributed by atoms with van der Waals surface area (Å²) in [5, 5.41) is 9.64. The van der Waals surface area contributed by atoms with Gasteiger partial charge in [-0.05, 0) is 24.3 Å². The second-order valence-corrected chi connectivity index (χ2v) is 3.87. The number of ether oxygens (including phenoxy) is 1. The van der Waals surface area contributed by atoms with Crippen LogP contribution in [0.25, 0.3) is 6.08 Å². The summed E-state index contributed by atoms with van der Waals surface area (Å²) < 4.78 is 10.1. The monoisotopic (exact) mass is 255 g/mol. The van der Waals surface area contributed by atoms with Crippen molar-refractivity contribution in [2.75, 3.05) is 0 Å². The highest BCUT2D eigenvalue weighted by Gasteiger charge is 2.25. The fourth-order valence-corrected chi connectivity index (χ4v) is 1.67. The smallest absolute Gasteiger partial charge is 0.363 e. The van der Waals surface area contributed by atoms with Crippen LogP contribution in [0.2, 0.25) is 0 Å². The van der Waals surface area contributed by atoms with Gasteiger partial charge in [-0.1, -0.05) is 18.2 Å². The normalized spacial score (nSPS) is 16.5. The van der Waals surface area contributed by atoms with E-state index in [0.717, 1.165) is 0 Å². The molecule has 0 saturated carbocycles. The third kappa shape index (κ3) is 2.13. The van der Waals surface area contributed by atoms with Crippen LogP contribution in [0.5, 0.6) is 5.75 Å². The van der Waals surface area contributed by atoms with Crippen molar-refractivity contribution in [1.82, 2.24) is 0 Å². The molecule has 1 aromatic carbocycles. The van der Waals surface area contributed by atoms with E-state index in [9.17, 15) is 9.90 Å². The third-order valence-corrected chi connectivity index (χ3v) is 2.58. The predicted molar refractivity (Wildman–Crippen MR) is 67.4 cm³/mol. The van der Waals surface area contributed by atoms with Gasteiger partial charge < -0.3 is 14.3 Å². The summed E-state index contributed by atoms with van der Waals surface area (Å²) in [4.78, 5) is 15.7. The molecular weight excluding hydrogens is 246 g/mol. The van der Waals surface area contributed by atoms with Crippen LogP contribution < -0.4 is 0 Å². The minimum absolute atomic E-state index is 0.0736. The van der Waals surface area contributed by atoms with Crippen LogP contribution in [-0.4, -0.2) is 17.0 Å². The molecule has 2 aromatic rings. The van der Waals surface area contributed by atoms with Gasteiger partial charge in [0.2, 0.25) is 0 Å². The molecule has 3 rings (SSSR count). The molecule has 0 bridgehead atoms. The van der Waals surface area contributed by atoms with E-state index < -0.39 is 5.97 Å². The third-order valence-electron chi connectivity index (χ3n) is 2.58. The zero-order valence-electron chi connectivity index (χ0n) is 9.74. The van der Waals surface area contributed by atoms with E-state index in [4.69, 9.17) is 9.15 Å². The molecule has 0 radical (unpaired) electrons. The van der Waals surface area contributed by atoms with Gasteiger partial charge in [0, 0.05) is 5.56 Å². The Morgan fingerprint density at radius 2 is 2.00 bits per heavy atom. The van der Waals surface area contributed by atoms with Crippen molar-refractivity contribution in [2.24, 2.45) is 4.99 Å². The lowest BCUT2D eigenvalue weighted by molar-refractivity contribution is -0.130. The molecule has 0 spiro atoms. The highest BCUT2D eigenvalue weighted by Crippen LogP contribution is 2.23. The van der Waals surface area contributed by atoms with Crippen LogP contribution in [0, 0.1) is 0 Å². The fourth-order valence-electron chi connectivity index (χ4n) is 1.67. The number of aliphatic imine (C=N–C) groups is 1. The molecule has 94 valence electrons. The number of rotatable bonds is 2. The quantitative estimate of drug-likeness (QED) is 0.660. The van der Waals surface area contributed by atoms with Gasteiger partial charge in [0.1, 0.15) is 5.75 Å². The number of carbonyl (C=O) groups excluding carboxylic acids is 1. The van der Waals surface area contributed by atoms with E-state index >= 15 is 0 Å². The summed E-state index contributed by atoms with van der Waals surface area (Å²) in [6.45, 7) is 0. The number of esters is 1. The SMILES string of the molecule is O=C1OC(c2ccco2)=N/C1=C/c1ccccc1O. The van der Waals surface area contributed by atoms with Gasteiger partial charge in [-0.3, -0.25) is 0 Å². The number of phenolic OH excluding ortho intramolecular Hbond substituents is 1. The molecule has 0 unspecified atom stereocenters. The number of carbonyl (C=O) groups is 1. The molecule has 5 heteroatoms. The highest BCUT2D eigenvalue weighted by molar-refractivity contribution is 6.11. The van der Waals surface area contributed by atoms with Gasteiger partial charge in [0.25, 0.3) is 5.90 Å². The maximum atomic E-state index is 11.7. The molecule has 5 nitrogen and oxygen atoms in total. The van der Waals surface area contributed by atoms with Crippen molar-refractivity contribution >= 4 is 17.9 Å². The average molecular weight is 255 g/mol. The number of hydrogen-bond acceptors (Lipinski definition) is 5. The van der Waals surface area contributed by atoms with Gasteiger partial charge >= 0.3 is 5.97 Å². The van der Waals surface area contributed by atoms with E-state index in [2.05, 4.69) is 4.99 Å². The zero-order chi connectivity index (χ0) is 13.2. The highest BCUT2D eigenvalue weighted by atomic mass is 16.6. The van der Waals surface area contributed by atoms with Crippen LogP contribution in [0.3, 0.4) is 0 Å². The number of nitrogens with zero attached hydrogens (tertiary/aromatic N) is 1. The lowest BCUT2D eigenvalue weighted by atomic mass is 10.2. The first kappa shape index (κ1) is 11.3. The summed E-state index contributed by atoms with van der Waals surface area (Å²) in [7, 11) is 0. The van der Waals surface area contributed by atoms with Crippen LogP contribution >= 0.6 is 0 Å². The minimum Gasteiger partial charge on any atom is -0.507 e. The Bertz CT molecular complexity index is 683. The standard InChI is InChI=1S/C14H9NO4/c16-11-5-2-1-4-9(11)8-10-14(17)19-13(15-10)12-6-3-7-18-12/h1-8,16H/b10-8+. The van der Waals surface area contributed by atoms with Gasteiger partial charge in [0.15, 0.2) is 11.5 Å². The fraction of sp³-hybridized carbons (Fsp3) is 0. The Morgan fingerprint density at radius 1 is 1.16 bits per heavy atom. The molecule has 0 amide bonds. The Labute approximate surface area is 108 Å². The van der Waals surface area contributed by atoms with E-state index in [-0.39, 0.29) is 17.3 Å². The van der Waals surface area contributed by atoms with Crippen molar-refractivity contribution in [1.29, 1.82) is 0 Å². The number of para-hydroxylation sites is 1. The molecule has 1 aliphatic heterocycles. The van der Waals surface area contributed by atoms with E-state index in [0.29, 0.717) is 11.3 Å².